The van der Waals surface area contributed by atoms with Gasteiger partial charge in [-0.2, -0.15) is 0 Å². The molecule has 0 spiro atoms. The minimum absolute atomic E-state index is 0.145. The fourth-order valence-corrected chi connectivity index (χ4v) is 3.01. The Balaban J connectivity index is 2.27. The fraction of sp³-hybridized carbons (Fsp3) is 0.750. The van der Waals surface area contributed by atoms with Crippen molar-refractivity contribution in [1.29, 1.82) is 0 Å². The number of aliphatic hydroxyl groups is 3. The van der Waals surface area contributed by atoms with Crippen LogP contribution in [-0.2, 0) is 9.53 Å². The third kappa shape index (κ3) is 9.48. The van der Waals surface area contributed by atoms with Crippen LogP contribution >= 0.6 is 0 Å². The number of hydrogen-bond donors (Lipinski definition) is 4. The van der Waals surface area contributed by atoms with E-state index in [9.17, 15) is 20.1 Å². The standard InChI is InChI=1S/C20H34O6/c1-2-3-6-10-18-17(23)14-19(26-18)16(22)13-12-15(21)9-7-4-5-8-11-20(24)25/h4,7,12-13,15-19,21-23H,2-3,5-6,8-11,14H2,1H3,(H,24,25)/b7-4-,13-12-/t15-,16-,17-,18+,19+/m1/s1. The predicted octanol–water partition coefficient (Wildman–Crippen LogP) is 2.56. The predicted molar refractivity (Wildman–Crippen MR) is 99.8 cm³/mol. The van der Waals surface area contributed by atoms with Crippen molar-refractivity contribution >= 4 is 5.97 Å². The molecule has 0 amide bonds. The van der Waals surface area contributed by atoms with Crippen molar-refractivity contribution in [3.05, 3.63) is 24.3 Å². The molecule has 0 bridgehead atoms. The van der Waals surface area contributed by atoms with Crippen LogP contribution in [0, 0.1) is 0 Å². The molecule has 150 valence electrons. The van der Waals surface area contributed by atoms with Crippen molar-refractivity contribution in [3.63, 3.8) is 0 Å². The Kier molecular flexibility index (Phi) is 11.4. The highest BCUT2D eigenvalue weighted by molar-refractivity contribution is 5.66. The van der Waals surface area contributed by atoms with Gasteiger partial charge in [-0.3, -0.25) is 4.79 Å². The van der Waals surface area contributed by atoms with Crippen LogP contribution in [0.4, 0.5) is 0 Å². The van der Waals surface area contributed by atoms with Crippen LogP contribution in [0.3, 0.4) is 0 Å². The lowest BCUT2D eigenvalue weighted by Gasteiger charge is -2.17. The molecule has 1 aliphatic heterocycles. The average molecular weight is 370 g/mol. The highest BCUT2D eigenvalue weighted by Gasteiger charge is 2.36. The number of rotatable bonds is 13. The van der Waals surface area contributed by atoms with Gasteiger partial charge in [0.1, 0.15) is 0 Å². The highest BCUT2D eigenvalue weighted by atomic mass is 16.5. The van der Waals surface area contributed by atoms with E-state index < -0.39 is 30.4 Å². The van der Waals surface area contributed by atoms with Crippen LogP contribution in [0.2, 0.25) is 0 Å². The molecular formula is C20H34O6. The summed E-state index contributed by atoms with van der Waals surface area (Å²) in [6.45, 7) is 2.12. The summed E-state index contributed by atoms with van der Waals surface area (Å²) in [6, 6.07) is 0. The monoisotopic (exact) mass is 370 g/mol. The summed E-state index contributed by atoms with van der Waals surface area (Å²) in [5.74, 6) is -0.804. The Bertz CT molecular complexity index is 448. The van der Waals surface area contributed by atoms with Crippen molar-refractivity contribution in [3.8, 4) is 0 Å². The summed E-state index contributed by atoms with van der Waals surface area (Å²) in [5, 5.41) is 38.7. The summed E-state index contributed by atoms with van der Waals surface area (Å²) in [7, 11) is 0. The average Bonchev–Trinajstić information content (AvgIpc) is 2.97. The van der Waals surface area contributed by atoms with E-state index in [-0.39, 0.29) is 12.5 Å². The van der Waals surface area contributed by atoms with Gasteiger partial charge in [-0.05, 0) is 25.7 Å². The Hall–Kier alpha value is -1.21. The summed E-state index contributed by atoms with van der Waals surface area (Å²) in [5.41, 5.74) is 0. The number of aliphatic hydroxyl groups excluding tert-OH is 3. The molecule has 26 heavy (non-hydrogen) atoms. The smallest absolute Gasteiger partial charge is 0.303 e. The summed E-state index contributed by atoms with van der Waals surface area (Å²) in [6.07, 6.45) is 10.2. The zero-order valence-corrected chi connectivity index (χ0v) is 15.7. The van der Waals surface area contributed by atoms with Crippen molar-refractivity contribution < 1.29 is 30.0 Å². The van der Waals surface area contributed by atoms with Crippen molar-refractivity contribution in [2.24, 2.45) is 0 Å². The first-order valence-corrected chi connectivity index (χ1v) is 9.68. The normalized spacial score (nSPS) is 25.9. The van der Waals surface area contributed by atoms with Gasteiger partial charge in [-0.15, -0.1) is 0 Å². The van der Waals surface area contributed by atoms with Gasteiger partial charge in [0.15, 0.2) is 0 Å². The van der Waals surface area contributed by atoms with Crippen LogP contribution < -0.4 is 0 Å². The second-order valence-corrected chi connectivity index (χ2v) is 6.95. The second kappa shape index (κ2) is 13.0. The molecule has 6 nitrogen and oxygen atoms in total. The third-order valence-corrected chi connectivity index (χ3v) is 4.56. The number of ether oxygens (including phenoxy) is 1. The first-order chi connectivity index (χ1) is 12.4. The lowest BCUT2D eigenvalue weighted by atomic mass is 10.0. The van der Waals surface area contributed by atoms with Crippen molar-refractivity contribution in [1.82, 2.24) is 0 Å². The number of aliphatic carboxylic acids is 1. The Morgan fingerprint density at radius 1 is 1.19 bits per heavy atom. The van der Waals surface area contributed by atoms with E-state index in [4.69, 9.17) is 9.84 Å². The van der Waals surface area contributed by atoms with Gasteiger partial charge in [-0.1, -0.05) is 50.5 Å². The van der Waals surface area contributed by atoms with Crippen LogP contribution in [-0.4, -0.2) is 56.9 Å². The lowest BCUT2D eigenvalue weighted by Crippen LogP contribution is -2.25. The number of hydrogen-bond acceptors (Lipinski definition) is 5. The molecule has 0 aromatic rings. The van der Waals surface area contributed by atoms with Gasteiger partial charge >= 0.3 is 5.97 Å². The molecule has 4 N–H and O–H groups in total. The molecule has 1 saturated heterocycles. The Labute approximate surface area is 156 Å². The molecule has 5 atom stereocenters. The van der Waals surface area contributed by atoms with Crippen LogP contribution in [0.15, 0.2) is 24.3 Å². The zero-order chi connectivity index (χ0) is 19.4. The maximum atomic E-state index is 10.4. The number of unbranched alkanes of at least 4 members (excludes halogenated alkanes) is 3. The van der Waals surface area contributed by atoms with Gasteiger partial charge in [0.2, 0.25) is 0 Å². The van der Waals surface area contributed by atoms with Crippen molar-refractivity contribution in [2.75, 3.05) is 0 Å². The molecule has 0 aliphatic carbocycles. The molecule has 0 radical (unpaired) electrons. The minimum atomic E-state index is -0.852. The molecule has 6 heteroatoms. The molecule has 0 aromatic heterocycles. The van der Waals surface area contributed by atoms with Gasteiger partial charge < -0.3 is 25.2 Å². The topological polar surface area (TPSA) is 107 Å². The molecule has 0 saturated carbocycles. The minimum Gasteiger partial charge on any atom is -0.481 e. The van der Waals surface area contributed by atoms with Gasteiger partial charge in [-0.25, -0.2) is 0 Å². The molecule has 1 heterocycles. The maximum absolute atomic E-state index is 10.4. The molecule has 1 rings (SSSR count). The quantitative estimate of drug-likeness (QED) is 0.293. The van der Waals surface area contributed by atoms with Crippen LogP contribution in [0.25, 0.3) is 0 Å². The van der Waals surface area contributed by atoms with Crippen molar-refractivity contribution in [2.45, 2.75) is 95.2 Å². The Morgan fingerprint density at radius 3 is 2.65 bits per heavy atom. The number of carboxylic acid groups (broad SMARTS) is 1. The van der Waals surface area contributed by atoms with Gasteiger partial charge in [0.05, 0.1) is 30.5 Å². The molecule has 1 aliphatic rings. The van der Waals surface area contributed by atoms with Gasteiger partial charge in [0.25, 0.3) is 0 Å². The number of carboxylic acids is 1. The van der Waals surface area contributed by atoms with Crippen LogP contribution in [0.1, 0.15) is 64.7 Å². The zero-order valence-electron chi connectivity index (χ0n) is 15.7. The van der Waals surface area contributed by atoms with E-state index in [1.165, 1.54) is 12.2 Å². The van der Waals surface area contributed by atoms with E-state index in [0.717, 1.165) is 25.7 Å². The summed E-state index contributed by atoms with van der Waals surface area (Å²) in [4.78, 5) is 10.4. The van der Waals surface area contributed by atoms with E-state index in [2.05, 4.69) is 6.92 Å². The largest absolute Gasteiger partial charge is 0.481 e. The maximum Gasteiger partial charge on any atom is 0.303 e. The summed E-state index contributed by atoms with van der Waals surface area (Å²) < 4.78 is 5.76. The first-order valence-electron chi connectivity index (χ1n) is 9.68. The van der Waals surface area contributed by atoms with Crippen LogP contribution in [0.5, 0.6) is 0 Å². The van der Waals surface area contributed by atoms with Gasteiger partial charge in [0, 0.05) is 12.8 Å². The van der Waals surface area contributed by atoms with E-state index >= 15 is 0 Å². The Morgan fingerprint density at radius 2 is 1.96 bits per heavy atom. The SMILES string of the molecule is CCCCC[C@@H]1O[C@H]([C@H](O)/C=C\[C@H](O)C/C=C\CCCC(=O)O)C[C@H]1O. The lowest BCUT2D eigenvalue weighted by molar-refractivity contribution is -0.137. The second-order valence-electron chi connectivity index (χ2n) is 6.95. The molecule has 1 fully saturated rings. The van der Waals surface area contributed by atoms with E-state index in [1.54, 1.807) is 0 Å². The third-order valence-electron chi connectivity index (χ3n) is 4.56. The first kappa shape index (κ1) is 22.8. The molecule has 0 aromatic carbocycles. The molecule has 0 unspecified atom stereocenters. The fourth-order valence-electron chi connectivity index (χ4n) is 3.01. The number of allylic oxidation sites excluding steroid dienone is 1. The number of carbonyl (C=O) groups is 1. The highest BCUT2D eigenvalue weighted by Crippen LogP contribution is 2.27. The van der Waals surface area contributed by atoms with E-state index in [1.807, 2.05) is 12.2 Å². The summed E-state index contributed by atoms with van der Waals surface area (Å²) >= 11 is 0. The molecular weight excluding hydrogens is 336 g/mol. The van der Waals surface area contributed by atoms with E-state index in [0.29, 0.717) is 25.7 Å².